The predicted octanol–water partition coefficient (Wildman–Crippen LogP) is 2.09. The highest BCUT2D eigenvalue weighted by molar-refractivity contribution is 5.71. The van der Waals surface area contributed by atoms with Crippen molar-refractivity contribution in [2.24, 2.45) is 5.41 Å². The fraction of sp³-hybridized carbons (Fsp3) is 0.611. The molecule has 1 aromatic carbocycles. The number of nitrogens with one attached hydrogen (secondary N) is 1. The van der Waals surface area contributed by atoms with Gasteiger partial charge in [-0.3, -0.25) is 9.69 Å². The Labute approximate surface area is 133 Å². The smallest absolute Gasteiger partial charge is 0.320 e. The number of nitrogens with zero attached hydrogens (tertiary/aromatic N) is 1. The first-order chi connectivity index (χ1) is 10.6. The molecule has 0 bridgehead atoms. The van der Waals surface area contributed by atoms with Crippen LogP contribution in [0.4, 0.5) is 0 Å². The minimum atomic E-state index is -0.120. The maximum absolute atomic E-state index is 11.9. The van der Waals surface area contributed by atoms with Crippen LogP contribution in [0.15, 0.2) is 30.3 Å². The van der Waals surface area contributed by atoms with E-state index in [9.17, 15) is 4.79 Å². The van der Waals surface area contributed by atoms with E-state index in [1.54, 1.807) is 0 Å². The van der Waals surface area contributed by atoms with Gasteiger partial charge in [0.2, 0.25) is 0 Å². The molecule has 0 aliphatic carbocycles. The maximum atomic E-state index is 11.9. The maximum Gasteiger partial charge on any atom is 0.320 e. The van der Waals surface area contributed by atoms with Gasteiger partial charge in [0.25, 0.3) is 0 Å². The molecule has 4 nitrogen and oxygen atoms in total. The van der Waals surface area contributed by atoms with Crippen molar-refractivity contribution in [1.82, 2.24) is 10.2 Å². The fourth-order valence-electron chi connectivity index (χ4n) is 3.08. The van der Waals surface area contributed by atoms with Gasteiger partial charge in [-0.05, 0) is 37.3 Å². The molecule has 0 amide bonds. The molecule has 122 valence electrons. The van der Waals surface area contributed by atoms with Crippen molar-refractivity contribution in [3.63, 3.8) is 0 Å². The molecular weight excluding hydrogens is 276 g/mol. The normalized spacial score (nSPS) is 21.2. The van der Waals surface area contributed by atoms with Crippen LogP contribution in [0.25, 0.3) is 0 Å². The van der Waals surface area contributed by atoms with Crippen LogP contribution in [0.1, 0.15) is 25.8 Å². The van der Waals surface area contributed by atoms with E-state index in [2.05, 4.69) is 41.4 Å². The summed E-state index contributed by atoms with van der Waals surface area (Å²) in [5.74, 6) is -0.120. The van der Waals surface area contributed by atoms with E-state index in [0.29, 0.717) is 13.2 Å². The minimum absolute atomic E-state index is 0.120. The van der Waals surface area contributed by atoms with E-state index < -0.39 is 0 Å². The Hall–Kier alpha value is -1.39. The van der Waals surface area contributed by atoms with Crippen molar-refractivity contribution < 1.29 is 9.53 Å². The Morgan fingerprint density at radius 1 is 1.36 bits per heavy atom. The lowest BCUT2D eigenvalue weighted by Gasteiger charge is -2.31. The zero-order chi connectivity index (χ0) is 15.8. The zero-order valence-corrected chi connectivity index (χ0v) is 13.8. The second-order valence-electron chi connectivity index (χ2n) is 6.49. The van der Waals surface area contributed by atoms with Crippen molar-refractivity contribution in [2.45, 2.75) is 26.7 Å². The Bertz CT molecular complexity index is 455. The van der Waals surface area contributed by atoms with Crippen LogP contribution in [-0.2, 0) is 16.0 Å². The number of carbonyl (C=O) groups is 1. The Morgan fingerprint density at radius 3 is 2.77 bits per heavy atom. The summed E-state index contributed by atoms with van der Waals surface area (Å²) in [5.41, 5.74) is 1.56. The summed E-state index contributed by atoms with van der Waals surface area (Å²) < 4.78 is 5.13. The van der Waals surface area contributed by atoms with Gasteiger partial charge in [-0.2, -0.15) is 0 Å². The van der Waals surface area contributed by atoms with Crippen LogP contribution in [0.2, 0.25) is 0 Å². The molecule has 1 unspecified atom stereocenters. The topological polar surface area (TPSA) is 41.6 Å². The van der Waals surface area contributed by atoms with Crippen LogP contribution in [0.5, 0.6) is 0 Å². The molecule has 1 atom stereocenters. The molecule has 0 aromatic heterocycles. The number of benzene rings is 1. The quantitative estimate of drug-likeness (QED) is 0.747. The summed E-state index contributed by atoms with van der Waals surface area (Å²) in [6, 6.07) is 10.4. The summed E-state index contributed by atoms with van der Waals surface area (Å²) in [6.07, 6.45) is 2.13. The molecule has 1 fully saturated rings. The number of rotatable bonds is 8. The average molecular weight is 304 g/mol. The number of hydrogen-bond acceptors (Lipinski definition) is 4. The van der Waals surface area contributed by atoms with Crippen molar-refractivity contribution in [2.75, 3.05) is 39.3 Å². The van der Waals surface area contributed by atoms with Crippen LogP contribution < -0.4 is 5.32 Å². The zero-order valence-electron chi connectivity index (χ0n) is 13.8. The fourth-order valence-corrected chi connectivity index (χ4v) is 3.08. The van der Waals surface area contributed by atoms with Crippen molar-refractivity contribution >= 4 is 5.97 Å². The van der Waals surface area contributed by atoms with Crippen LogP contribution in [-0.4, -0.2) is 50.2 Å². The van der Waals surface area contributed by atoms with Gasteiger partial charge in [-0.15, -0.1) is 0 Å². The molecule has 4 heteroatoms. The molecule has 1 aliphatic heterocycles. The van der Waals surface area contributed by atoms with Gasteiger partial charge in [0, 0.05) is 19.6 Å². The second-order valence-corrected chi connectivity index (χ2v) is 6.49. The van der Waals surface area contributed by atoms with Gasteiger partial charge in [0.15, 0.2) is 0 Å². The van der Waals surface area contributed by atoms with E-state index in [4.69, 9.17) is 4.74 Å². The molecule has 0 saturated carbocycles. The van der Waals surface area contributed by atoms with Gasteiger partial charge in [0.1, 0.15) is 0 Å². The third kappa shape index (κ3) is 5.43. The van der Waals surface area contributed by atoms with E-state index in [1.807, 2.05) is 13.0 Å². The van der Waals surface area contributed by atoms with Crippen molar-refractivity contribution in [3.05, 3.63) is 35.9 Å². The molecule has 1 aromatic rings. The molecule has 1 aliphatic rings. The second kappa shape index (κ2) is 8.30. The molecular formula is C18H28N2O2. The number of hydrogen-bond donors (Lipinski definition) is 1. The van der Waals surface area contributed by atoms with Gasteiger partial charge >= 0.3 is 5.97 Å². The standard InChI is InChI=1S/C18H28N2O2/c1-3-22-17(21)13-20(15-18(2)10-11-19-14-18)12-9-16-7-5-4-6-8-16/h4-8,19H,3,9-15H2,1-2H3. The summed E-state index contributed by atoms with van der Waals surface area (Å²) in [5, 5.41) is 3.43. The van der Waals surface area contributed by atoms with Gasteiger partial charge in [0.05, 0.1) is 13.2 Å². The number of carbonyl (C=O) groups excluding carboxylic acids is 1. The van der Waals surface area contributed by atoms with Crippen LogP contribution in [0.3, 0.4) is 0 Å². The SMILES string of the molecule is CCOC(=O)CN(CCc1ccccc1)CC1(C)CCNC1. The number of esters is 1. The van der Waals surface area contributed by atoms with E-state index >= 15 is 0 Å². The Kier molecular flexibility index (Phi) is 6.40. The van der Waals surface area contributed by atoms with Crippen LogP contribution >= 0.6 is 0 Å². The van der Waals surface area contributed by atoms with E-state index in [1.165, 1.54) is 5.56 Å². The first-order valence-corrected chi connectivity index (χ1v) is 8.24. The van der Waals surface area contributed by atoms with Crippen molar-refractivity contribution in [1.29, 1.82) is 0 Å². The lowest BCUT2D eigenvalue weighted by molar-refractivity contribution is -0.144. The summed E-state index contributed by atoms with van der Waals surface area (Å²) in [6.45, 7) is 8.91. The lowest BCUT2D eigenvalue weighted by atomic mass is 9.89. The lowest BCUT2D eigenvalue weighted by Crippen LogP contribution is -2.41. The summed E-state index contributed by atoms with van der Waals surface area (Å²) >= 11 is 0. The minimum Gasteiger partial charge on any atom is -0.465 e. The van der Waals surface area contributed by atoms with Crippen molar-refractivity contribution in [3.8, 4) is 0 Å². The predicted molar refractivity (Wildman–Crippen MR) is 88.8 cm³/mol. The first-order valence-electron chi connectivity index (χ1n) is 8.24. The molecule has 0 spiro atoms. The first kappa shape index (κ1) is 17.0. The highest BCUT2D eigenvalue weighted by Gasteiger charge is 2.31. The van der Waals surface area contributed by atoms with Gasteiger partial charge < -0.3 is 10.1 Å². The highest BCUT2D eigenvalue weighted by Crippen LogP contribution is 2.25. The summed E-state index contributed by atoms with van der Waals surface area (Å²) in [4.78, 5) is 14.1. The largest absolute Gasteiger partial charge is 0.465 e. The van der Waals surface area contributed by atoms with Gasteiger partial charge in [-0.25, -0.2) is 0 Å². The molecule has 0 radical (unpaired) electrons. The highest BCUT2D eigenvalue weighted by atomic mass is 16.5. The van der Waals surface area contributed by atoms with Gasteiger partial charge in [-0.1, -0.05) is 37.3 Å². The molecule has 22 heavy (non-hydrogen) atoms. The molecule has 1 saturated heterocycles. The Morgan fingerprint density at radius 2 is 2.14 bits per heavy atom. The molecule has 1 heterocycles. The molecule has 2 rings (SSSR count). The molecule has 1 N–H and O–H groups in total. The number of ether oxygens (including phenoxy) is 1. The van der Waals surface area contributed by atoms with E-state index in [-0.39, 0.29) is 11.4 Å². The summed E-state index contributed by atoms with van der Waals surface area (Å²) in [7, 11) is 0. The Balaban J connectivity index is 1.92. The monoisotopic (exact) mass is 304 g/mol. The third-order valence-electron chi connectivity index (χ3n) is 4.28. The van der Waals surface area contributed by atoms with Crippen LogP contribution in [0, 0.1) is 5.41 Å². The average Bonchev–Trinajstić information content (AvgIpc) is 2.92. The van der Waals surface area contributed by atoms with E-state index in [0.717, 1.165) is 39.0 Å². The third-order valence-corrected chi connectivity index (χ3v) is 4.28.